The minimum atomic E-state index is 0.429. The summed E-state index contributed by atoms with van der Waals surface area (Å²) in [5.74, 6) is 0.797. The van der Waals surface area contributed by atoms with Crippen molar-refractivity contribution in [2.24, 2.45) is 5.11 Å². The number of benzene rings is 3. The monoisotopic (exact) mass is 358 g/mol. The van der Waals surface area contributed by atoms with Crippen LogP contribution in [0.3, 0.4) is 0 Å². The van der Waals surface area contributed by atoms with Crippen LogP contribution in [0.25, 0.3) is 31.2 Å². The molecule has 0 unspecified atom stereocenters. The fourth-order valence-corrected chi connectivity index (χ4v) is 3.62. The van der Waals surface area contributed by atoms with Crippen molar-refractivity contribution in [3.8, 4) is 16.3 Å². The molecule has 0 amide bonds. The zero-order valence-corrected chi connectivity index (χ0v) is 14.6. The lowest BCUT2D eigenvalue weighted by Crippen LogP contribution is -1.96. The van der Waals surface area contributed by atoms with E-state index in [4.69, 9.17) is 15.3 Å². The highest BCUT2D eigenvalue weighted by atomic mass is 32.1. The minimum Gasteiger partial charge on any atom is -0.488 e. The van der Waals surface area contributed by atoms with E-state index in [1.165, 1.54) is 0 Å². The number of rotatable bonds is 5. The molecular weight excluding hydrogens is 344 g/mol. The number of fused-ring (bicyclic) bond motifs is 1. The van der Waals surface area contributed by atoms with Crippen LogP contribution in [0.2, 0.25) is 0 Å². The van der Waals surface area contributed by atoms with Crippen LogP contribution in [0.1, 0.15) is 5.56 Å². The molecule has 0 saturated carbocycles. The fraction of sp³-hybridized carbons (Fsp3) is 0.0500. The second-order valence-corrected chi connectivity index (χ2v) is 6.66. The molecule has 3 aromatic carbocycles. The van der Waals surface area contributed by atoms with Gasteiger partial charge in [-0.3, -0.25) is 0 Å². The Hall–Kier alpha value is -3.34. The summed E-state index contributed by atoms with van der Waals surface area (Å²) >= 11 is 1.66. The van der Waals surface area contributed by atoms with Gasteiger partial charge in [-0.05, 0) is 35.4 Å². The van der Waals surface area contributed by atoms with Crippen molar-refractivity contribution in [1.82, 2.24) is 4.98 Å². The van der Waals surface area contributed by atoms with Crippen LogP contribution in [0.5, 0.6) is 5.75 Å². The Kier molecular flexibility index (Phi) is 4.51. The van der Waals surface area contributed by atoms with Gasteiger partial charge in [0.1, 0.15) is 17.4 Å². The molecular formula is C20H14N4OS. The van der Waals surface area contributed by atoms with E-state index in [1.54, 1.807) is 23.5 Å². The van der Waals surface area contributed by atoms with Crippen molar-refractivity contribution in [1.29, 1.82) is 0 Å². The molecule has 0 spiro atoms. The van der Waals surface area contributed by atoms with Gasteiger partial charge in [0.2, 0.25) is 0 Å². The van der Waals surface area contributed by atoms with Gasteiger partial charge in [0.05, 0.1) is 15.8 Å². The third-order valence-corrected chi connectivity index (χ3v) is 4.97. The van der Waals surface area contributed by atoms with Gasteiger partial charge in [-0.25, -0.2) is 4.98 Å². The Bertz CT molecular complexity index is 1070. The summed E-state index contributed by atoms with van der Waals surface area (Å²) in [5, 5.41) is 4.52. The Balaban J connectivity index is 1.58. The quantitative estimate of drug-likeness (QED) is 0.232. The molecule has 0 aliphatic rings. The number of para-hydroxylation sites is 2. The van der Waals surface area contributed by atoms with E-state index >= 15 is 0 Å². The Morgan fingerprint density at radius 3 is 2.54 bits per heavy atom. The third kappa shape index (κ3) is 3.37. The number of aromatic nitrogens is 1. The predicted octanol–water partition coefficient (Wildman–Crippen LogP) is 6.48. The Labute approximate surface area is 154 Å². The lowest BCUT2D eigenvalue weighted by molar-refractivity contribution is 0.307. The van der Waals surface area contributed by atoms with Gasteiger partial charge >= 0.3 is 0 Å². The number of azide groups is 1. The van der Waals surface area contributed by atoms with Crippen LogP contribution in [-0.2, 0) is 6.61 Å². The van der Waals surface area contributed by atoms with Crippen molar-refractivity contribution in [2.45, 2.75) is 6.61 Å². The zero-order chi connectivity index (χ0) is 17.8. The normalized spacial score (nSPS) is 10.5. The number of hydrogen-bond acceptors (Lipinski definition) is 4. The van der Waals surface area contributed by atoms with Crippen molar-refractivity contribution in [2.75, 3.05) is 0 Å². The lowest BCUT2D eigenvalue weighted by Gasteiger charge is -2.10. The molecule has 6 heteroatoms. The summed E-state index contributed by atoms with van der Waals surface area (Å²) in [4.78, 5) is 7.50. The molecule has 5 nitrogen and oxygen atoms in total. The van der Waals surface area contributed by atoms with E-state index < -0.39 is 0 Å². The second-order valence-electron chi connectivity index (χ2n) is 5.63. The van der Waals surface area contributed by atoms with Gasteiger partial charge in [0, 0.05) is 10.6 Å². The molecule has 0 fully saturated rings. The van der Waals surface area contributed by atoms with Crippen LogP contribution in [-0.4, -0.2) is 4.98 Å². The van der Waals surface area contributed by atoms with Crippen molar-refractivity contribution in [3.63, 3.8) is 0 Å². The molecule has 0 saturated heterocycles. The molecule has 4 rings (SSSR count). The van der Waals surface area contributed by atoms with E-state index in [1.807, 2.05) is 54.6 Å². The van der Waals surface area contributed by atoms with Crippen molar-refractivity contribution in [3.05, 3.63) is 88.8 Å². The first-order valence-corrected chi connectivity index (χ1v) is 8.87. The van der Waals surface area contributed by atoms with Gasteiger partial charge < -0.3 is 4.74 Å². The molecule has 0 radical (unpaired) electrons. The Morgan fingerprint density at radius 1 is 0.962 bits per heavy atom. The smallest absolute Gasteiger partial charge is 0.130 e. The van der Waals surface area contributed by atoms with Crippen molar-refractivity contribution < 1.29 is 4.74 Å². The second kappa shape index (κ2) is 7.27. The van der Waals surface area contributed by atoms with E-state index in [-0.39, 0.29) is 0 Å². The predicted molar refractivity (Wildman–Crippen MR) is 105 cm³/mol. The van der Waals surface area contributed by atoms with Crippen LogP contribution in [0, 0.1) is 0 Å². The van der Waals surface area contributed by atoms with Crippen LogP contribution in [0.15, 0.2) is 77.9 Å². The highest BCUT2D eigenvalue weighted by Gasteiger charge is 2.11. The molecule has 0 atom stereocenters. The standard InChI is InChI=1S/C20H14N4OS/c21-24-23-15-11-9-14(10-12-15)13-25-18-7-3-1-5-16(18)20-22-17-6-2-4-8-19(17)26-20/h1-12H,13H2. The maximum atomic E-state index is 8.46. The zero-order valence-electron chi connectivity index (χ0n) is 13.7. The lowest BCUT2D eigenvalue weighted by atomic mass is 10.2. The highest BCUT2D eigenvalue weighted by molar-refractivity contribution is 7.21. The number of hydrogen-bond donors (Lipinski definition) is 0. The first kappa shape index (κ1) is 16.1. The third-order valence-electron chi connectivity index (χ3n) is 3.90. The molecule has 26 heavy (non-hydrogen) atoms. The summed E-state index contributed by atoms with van der Waals surface area (Å²) in [6.07, 6.45) is 0. The number of ether oxygens (including phenoxy) is 1. The molecule has 1 heterocycles. The summed E-state index contributed by atoms with van der Waals surface area (Å²) in [7, 11) is 0. The van der Waals surface area contributed by atoms with Gasteiger partial charge in [0.15, 0.2) is 0 Å². The summed E-state index contributed by atoms with van der Waals surface area (Å²) < 4.78 is 7.19. The van der Waals surface area contributed by atoms with Gasteiger partial charge in [0.25, 0.3) is 0 Å². The molecule has 126 valence electrons. The molecule has 0 aliphatic carbocycles. The fourth-order valence-electron chi connectivity index (χ4n) is 2.63. The van der Waals surface area contributed by atoms with Crippen molar-refractivity contribution >= 4 is 27.2 Å². The van der Waals surface area contributed by atoms with E-state index in [0.29, 0.717) is 12.3 Å². The Morgan fingerprint density at radius 2 is 1.73 bits per heavy atom. The maximum Gasteiger partial charge on any atom is 0.130 e. The van der Waals surface area contributed by atoms with Gasteiger partial charge in [-0.1, -0.05) is 53.6 Å². The average Bonchev–Trinajstić information content (AvgIpc) is 3.12. The number of nitrogens with zero attached hydrogens (tertiary/aromatic N) is 4. The minimum absolute atomic E-state index is 0.429. The van der Waals surface area contributed by atoms with Gasteiger partial charge in [-0.2, -0.15) is 0 Å². The summed E-state index contributed by atoms with van der Waals surface area (Å²) in [5.41, 5.74) is 12.0. The molecule has 1 aromatic heterocycles. The van der Waals surface area contributed by atoms with Crippen LogP contribution < -0.4 is 4.74 Å². The van der Waals surface area contributed by atoms with Crippen LogP contribution >= 0.6 is 11.3 Å². The topological polar surface area (TPSA) is 70.9 Å². The number of thiazole rings is 1. The highest BCUT2D eigenvalue weighted by Crippen LogP contribution is 2.35. The largest absolute Gasteiger partial charge is 0.488 e. The van der Waals surface area contributed by atoms with Crippen LogP contribution in [0.4, 0.5) is 5.69 Å². The summed E-state index contributed by atoms with van der Waals surface area (Å²) in [6, 6.07) is 23.4. The SMILES string of the molecule is [N-]=[N+]=Nc1ccc(COc2ccccc2-c2nc3ccccc3s2)cc1. The maximum absolute atomic E-state index is 8.46. The molecule has 4 aromatic rings. The molecule has 0 bridgehead atoms. The summed E-state index contributed by atoms with van der Waals surface area (Å²) in [6.45, 7) is 0.429. The van der Waals surface area contributed by atoms with Gasteiger partial charge in [-0.15, -0.1) is 11.3 Å². The molecule has 0 aliphatic heterocycles. The van der Waals surface area contributed by atoms with E-state index in [9.17, 15) is 0 Å². The average molecular weight is 358 g/mol. The van der Waals surface area contributed by atoms with E-state index in [2.05, 4.69) is 16.1 Å². The first-order valence-electron chi connectivity index (χ1n) is 8.05. The molecule has 0 N–H and O–H groups in total. The van der Waals surface area contributed by atoms with E-state index in [0.717, 1.165) is 32.1 Å². The first-order chi connectivity index (χ1) is 12.8.